The van der Waals surface area contributed by atoms with Crippen molar-refractivity contribution in [3.05, 3.63) is 53.2 Å². The van der Waals surface area contributed by atoms with Crippen molar-refractivity contribution < 1.29 is 22.3 Å². The maximum atomic E-state index is 13.2. The predicted molar refractivity (Wildman–Crippen MR) is 55.3 cm³/mol. The van der Waals surface area contributed by atoms with Crippen molar-refractivity contribution in [2.45, 2.75) is 0 Å². The van der Waals surface area contributed by atoms with Crippen LogP contribution in [0, 0.1) is 34.7 Å². The second-order valence-electron chi connectivity index (χ2n) is 3.40. The van der Waals surface area contributed by atoms with Crippen LogP contribution in [0.15, 0.2) is 24.3 Å². The lowest BCUT2D eigenvalue weighted by Crippen LogP contribution is -1.98. The van der Waals surface area contributed by atoms with Crippen molar-refractivity contribution in [1.82, 2.24) is 4.98 Å². The summed E-state index contributed by atoms with van der Waals surface area (Å²) in [6.45, 7) is 0. The molecule has 19 heavy (non-hydrogen) atoms. The normalized spacial score (nSPS) is 10.1. The quantitative estimate of drug-likeness (QED) is 0.620. The van der Waals surface area contributed by atoms with E-state index >= 15 is 0 Å². The number of rotatable bonds is 2. The molecule has 2 rings (SSSR count). The Balaban J connectivity index is 2.34. The summed E-state index contributed by atoms with van der Waals surface area (Å²) in [5.41, 5.74) is -0.230. The fourth-order valence-electron chi connectivity index (χ4n) is 1.26. The minimum absolute atomic E-state index is 0.200. The Morgan fingerprint density at radius 1 is 1.00 bits per heavy atom. The Hall–Kier alpha value is -2.62. The number of halogens is 4. The van der Waals surface area contributed by atoms with E-state index in [1.165, 1.54) is 6.07 Å². The molecular weight excluding hydrogens is 264 g/mol. The zero-order valence-electron chi connectivity index (χ0n) is 9.12. The Morgan fingerprint density at radius 2 is 1.74 bits per heavy atom. The first kappa shape index (κ1) is 12.8. The minimum Gasteiger partial charge on any atom is -0.436 e. The van der Waals surface area contributed by atoms with Gasteiger partial charge in [0.15, 0.2) is 11.6 Å². The van der Waals surface area contributed by atoms with Gasteiger partial charge in [-0.05, 0) is 12.1 Å². The van der Waals surface area contributed by atoms with Crippen molar-refractivity contribution >= 4 is 0 Å². The van der Waals surface area contributed by atoms with Crippen LogP contribution in [-0.2, 0) is 0 Å². The second-order valence-corrected chi connectivity index (χ2v) is 3.40. The van der Waals surface area contributed by atoms with Crippen molar-refractivity contribution in [2.75, 3.05) is 0 Å². The van der Waals surface area contributed by atoms with E-state index in [4.69, 9.17) is 10.00 Å². The molecule has 0 saturated heterocycles. The minimum atomic E-state index is -1.54. The molecule has 0 aliphatic carbocycles. The molecule has 0 radical (unpaired) electrons. The van der Waals surface area contributed by atoms with Gasteiger partial charge in [0.2, 0.25) is 0 Å². The van der Waals surface area contributed by atoms with Crippen LogP contribution in [0.3, 0.4) is 0 Å². The highest BCUT2D eigenvalue weighted by atomic mass is 19.2. The third-order valence-corrected chi connectivity index (χ3v) is 2.13. The molecule has 96 valence electrons. The van der Waals surface area contributed by atoms with Gasteiger partial charge in [-0.25, -0.2) is 13.2 Å². The molecular formula is C12H4F4N2O. The number of hydrogen-bond acceptors (Lipinski definition) is 3. The predicted octanol–water partition coefficient (Wildman–Crippen LogP) is 3.30. The van der Waals surface area contributed by atoms with Gasteiger partial charge in [-0.15, -0.1) is 0 Å². The Kier molecular flexibility index (Phi) is 3.33. The number of pyridine rings is 1. The van der Waals surface area contributed by atoms with Crippen LogP contribution in [0.5, 0.6) is 11.6 Å². The van der Waals surface area contributed by atoms with E-state index in [0.29, 0.717) is 0 Å². The lowest BCUT2D eigenvalue weighted by atomic mass is 10.2. The van der Waals surface area contributed by atoms with Crippen LogP contribution in [0.4, 0.5) is 17.6 Å². The second kappa shape index (κ2) is 4.94. The van der Waals surface area contributed by atoms with Crippen LogP contribution < -0.4 is 4.74 Å². The molecule has 1 aromatic heterocycles. The molecule has 1 heterocycles. The molecule has 0 aliphatic rings. The summed E-state index contributed by atoms with van der Waals surface area (Å²) in [7, 11) is 0. The van der Waals surface area contributed by atoms with Gasteiger partial charge in [-0.2, -0.15) is 14.6 Å². The molecule has 0 bridgehead atoms. The zero-order valence-corrected chi connectivity index (χ0v) is 9.12. The molecule has 0 amide bonds. The van der Waals surface area contributed by atoms with E-state index in [9.17, 15) is 17.6 Å². The summed E-state index contributed by atoms with van der Waals surface area (Å²) >= 11 is 0. The van der Waals surface area contributed by atoms with E-state index in [1.54, 1.807) is 6.07 Å². The molecule has 7 heteroatoms. The monoisotopic (exact) mass is 268 g/mol. The first-order valence-corrected chi connectivity index (χ1v) is 4.90. The van der Waals surface area contributed by atoms with Gasteiger partial charge in [0.05, 0.1) is 5.56 Å². The van der Waals surface area contributed by atoms with Crippen molar-refractivity contribution in [3.8, 4) is 17.7 Å². The van der Waals surface area contributed by atoms with Gasteiger partial charge in [-0.3, -0.25) is 0 Å². The number of ether oxygens (including phenoxy) is 1. The molecule has 0 unspecified atom stereocenters. The SMILES string of the molecule is N#Cc1ccc(Oc2nc(F)c(F)cc2F)cc1F. The molecule has 0 saturated carbocycles. The number of nitrogens with zero attached hydrogens (tertiary/aromatic N) is 2. The molecule has 0 N–H and O–H groups in total. The number of benzene rings is 1. The van der Waals surface area contributed by atoms with E-state index in [-0.39, 0.29) is 17.4 Å². The zero-order chi connectivity index (χ0) is 14.0. The fourth-order valence-corrected chi connectivity index (χ4v) is 1.26. The summed E-state index contributed by atoms with van der Waals surface area (Å²) in [6, 6.07) is 4.92. The van der Waals surface area contributed by atoms with E-state index in [0.717, 1.165) is 12.1 Å². The first-order chi connectivity index (χ1) is 9.01. The Bertz CT molecular complexity index is 682. The average Bonchev–Trinajstić information content (AvgIpc) is 2.36. The van der Waals surface area contributed by atoms with Gasteiger partial charge in [-0.1, -0.05) is 0 Å². The molecule has 0 aliphatic heterocycles. The number of nitriles is 1. The average molecular weight is 268 g/mol. The van der Waals surface area contributed by atoms with Gasteiger partial charge in [0.25, 0.3) is 11.8 Å². The maximum absolute atomic E-state index is 13.2. The topological polar surface area (TPSA) is 45.9 Å². The molecule has 0 atom stereocenters. The summed E-state index contributed by atoms with van der Waals surface area (Å²) in [6.07, 6.45) is 0. The van der Waals surface area contributed by atoms with Crippen LogP contribution in [0.1, 0.15) is 5.56 Å². The standard InChI is InChI=1S/C12H4F4N2O/c13-8-3-7(2-1-6(8)5-17)19-12-10(15)4-9(14)11(16)18-12/h1-4H. The highest BCUT2D eigenvalue weighted by Crippen LogP contribution is 2.25. The molecule has 0 spiro atoms. The van der Waals surface area contributed by atoms with Crippen LogP contribution in [0.2, 0.25) is 0 Å². The van der Waals surface area contributed by atoms with Crippen molar-refractivity contribution in [1.29, 1.82) is 5.26 Å². The van der Waals surface area contributed by atoms with E-state index in [1.807, 2.05) is 0 Å². The van der Waals surface area contributed by atoms with Crippen LogP contribution in [-0.4, -0.2) is 4.98 Å². The van der Waals surface area contributed by atoms with E-state index in [2.05, 4.69) is 4.98 Å². The summed E-state index contributed by atoms with van der Waals surface area (Å²) in [4.78, 5) is 2.91. The summed E-state index contributed by atoms with van der Waals surface area (Å²) in [5.74, 6) is -6.15. The smallest absolute Gasteiger partial charge is 0.258 e. The van der Waals surface area contributed by atoms with Gasteiger partial charge < -0.3 is 4.74 Å². The van der Waals surface area contributed by atoms with Gasteiger partial charge >= 0.3 is 0 Å². The van der Waals surface area contributed by atoms with E-state index < -0.39 is 29.3 Å². The third-order valence-electron chi connectivity index (χ3n) is 2.13. The van der Waals surface area contributed by atoms with Crippen LogP contribution in [0.25, 0.3) is 0 Å². The Morgan fingerprint density at radius 3 is 2.37 bits per heavy atom. The highest BCUT2D eigenvalue weighted by Gasteiger charge is 2.14. The third kappa shape index (κ3) is 2.63. The van der Waals surface area contributed by atoms with Gasteiger partial charge in [0, 0.05) is 12.1 Å². The molecule has 1 aromatic carbocycles. The highest BCUT2D eigenvalue weighted by molar-refractivity contribution is 5.37. The van der Waals surface area contributed by atoms with Crippen LogP contribution >= 0.6 is 0 Å². The molecule has 3 nitrogen and oxygen atoms in total. The van der Waals surface area contributed by atoms with Crippen molar-refractivity contribution in [3.63, 3.8) is 0 Å². The van der Waals surface area contributed by atoms with Gasteiger partial charge in [0.1, 0.15) is 17.6 Å². The Labute approximate surface area is 104 Å². The lowest BCUT2D eigenvalue weighted by Gasteiger charge is -2.06. The maximum Gasteiger partial charge on any atom is 0.258 e. The molecule has 0 fully saturated rings. The molecule has 2 aromatic rings. The summed E-state index contributed by atoms with van der Waals surface area (Å²) < 4.78 is 56.7. The lowest BCUT2D eigenvalue weighted by molar-refractivity contribution is 0.385. The number of aromatic nitrogens is 1. The summed E-state index contributed by atoms with van der Waals surface area (Å²) in [5, 5.41) is 8.52. The fraction of sp³-hybridized carbons (Fsp3) is 0. The first-order valence-electron chi connectivity index (χ1n) is 4.90. The number of hydrogen-bond donors (Lipinski definition) is 0. The van der Waals surface area contributed by atoms with Crippen molar-refractivity contribution in [2.24, 2.45) is 0 Å². The largest absolute Gasteiger partial charge is 0.436 e.